The van der Waals surface area contributed by atoms with Crippen LogP contribution in [-0.2, 0) is 35.0 Å². The Labute approximate surface area is 204 Å². The van der Waals surface area contributed by atoms with E-state index in [1.54, 1.807) is 0 Å². The van der Waals surface area contributed by atoms with E-state index in [2.05, 4.69) is 60.7 Å². The van der Waals surface area contributed by atoms with E-state index < -0.39 is 7.92 Å². The van der Waals surface area contributed by atoms with Crippen LogP contribution in [0.1, 0.15) is 39.5 Å². The second-order valence-corrected chi connectivity index (χ2v) is 10.9. The largest absolute Gasteiger partial charge is 1.00 e. The van der Waals surface area contributed by atoms with Crippen LogP contribution in [-0.4, -0.2) is 34.0 Å². The molecular weight excluding hydrogens is 596 g/mol. The first-order valence-electron chi connectivity index (χ1n) is 10.3. The molecule has 0 radical (unpaired) electrons. The Bertz CT molecular complexity index is 659. The van der Waals surface area contributed by atoms with Crippen LogP contribution in [0.4, 0.5) is 0 Å². The fourth-order valence-corrected chi connectivity index (χ4v) is 7.73. The number of hydrogen-bond donors (Lipinski definition) is 1. The molecule has 1 aliphatic rings. The fourth-order valence-electron chi connectivity index (χ4n) is 3.83. The average Bonchev–Trinajstić information content (AvgIpc) is 2.72. The fraction of sp³-hybridized carbons (Fsp3) is 0.435. The van der Waals surface area contributed by atoms with E-state index in [9.17, 15) is 0 Å². The molecule has 0 aliphatic heterocycles. The van der Waals surface area contributed by atoms with Crippen molar-refractivity contribution in [3.63, 3.8) is 0 Å². The van der Waals surface area contributed by atoms with Gasteiger partial charge in [-0.1, -0.05) is 47.1 Å². The molecule has 0 bridgehead atoms. The van der Waals surface area contributed by atoms with E-state index in [-0.39, 0.29) is 22.4 Å². The molecule has 2 aromatic carbocycles. The summed E-state index contributed by atoms with van der Waals surface area (Å²) in [6, 6.07) is 22.4. The van der Waals surface area contributed by atoms with Gasteiger partial charge in [0.25, 0.3) is 0 Å². The molecule has 0 aromatic heterocycles. The first-order valence-corrected chi connectivity index (χ1v) is 12.7. The van der Waals surface area contributed by atoms with Gasteiger partial charge in [0.2, 0.25) is 0 Å². The number of nitrogens with two attached hydrogens (primary N) is 1. The third kappa shape index (κ3) is 8.38. The standard InChI is InChI=1S/C18H22NP.C5H11NS2.Au/c19-17-13-7-8-14-18(17)20(15-9-3-1-4-10-15)16-11-5-2-6-12-16;1-3-6(4-2)5(7)8;/h1-6,9-12,17-18H,7-8,13-14,19H2;3-4H2,1-2H3,(H,7,8);/q;;+1/t17-,18-;;/m1../s1. The van der Waals surface area contributed by atoms with E-state index in [1.165, 1.54) is 36.3 Å². The van der Waals surface area contributed by atoms with Gasteiger partial charge >= 0.3 is 22.4 Å². The van der Waals surface area contributed by atoms with Crippen molar-refractivity contribution in [3.05, 3.63) is 60.7 Å². The monoisotopic (exact) mass is 629 g/mol. The van der Waals surface area contributed by atoms with E-state index in [0.29, 0.717) is 16.0 Å². The van der Waals surface area contributed by atoms with Gasteiger partial charge in [-0.05, 0) is 57.4 Å². The number of rotatable bonds is 5. The van der Waals surface area contributed by atoms with Crippen molar-refractivity contribution in [2.24, 2.45) is 5.73 Å². The van der Waals surface area contributed by atoms with Crippen LogP contribution < -0.4 is 16.3 Å². The molecule has 2 atom stereocenters. The second kappa shape index (κ2) is 14.6. The Kier molecular flexibility index (Phi) is 13.5. The molecule has 0 heterocycles. The van der Waals surface area contributed by atoms with Crippen LogP contribution >= 0.6 is 20.1 Å². The predicted octanol–water partition coefficient (Wildman–Crippen LogP) is 4.28. The summed E-state index contributed by atoms with van der Waals surface area (Å²) in [4.78, 5) is 1.96. The van der Waals surface area contributed by atoms with Crippen molar-refractivity contribution >= 4 is 47.7 Å². The summed E-state index contributed by atoms with van der Waals surface area (Å²) in [5, 5.41) is 3.01. The molecule has 0 amide bonds. The summed E-state index contributed by atoms with van der Waals surface area (Å²) >= 11 is 9.51. The molecule has 6 heteroatoms. The maximum Gasteiger partial charge on any atom is 1.00 e. The first kappa shape index (κ1) is 26.7. The topological polar surface area (TPSA) is 29.3 Å². The maximum absolute atomic E-state index is 6.48. The molecular formula is C23H33AuN2PS2+. The van der Waals surface area contributed by atoms with Crippen LogP contribution in [0.5, 0.6) is 0 Å². The minimum absolute atomic E-state index is 0. The number of thiocarbonyl (C=S) groups is 1. The Morgan fingerprint density at radius 1 is 0.966 bits per heavy atom. The van der Waals surface area contributed by atoms with Crippen LogP contribution in [0.2, 0.25) is 0 Å². The van der Waals surface area contributed by atoms with Crippen molar-refractivity contribution < 1.29 is 22.4 Å². The molecule has 2 nitrogen and oxygen atoms in total. The number of nitrogens with zero attached hydrogens (tertiary/aromatic N) is 1. The van der Waals surface area contributed by atoms with E-state index >= 15 is 0 Å². The van der Waals surface area contributed by atoms with E-state index in [4.69, 9.17) is 30.6 Å². The van der Waals surface area contributed by atoms with Crippen molar-refractivity contribution in [3.8, 4) is 0 Å². The van der Waals surface area contributed by atoms with Crippen LogP contribution in [0.3, 0.4) is 0 Å². The molecule has 29 heavy (non-hydrogen) atoms. The predicted molar refractivity (Wildman–Crippen MR) is 134 cm³/mol. The number of hydrogen-bond acceptors (Lipinski definition) is 3. The van der Waals surface area contributed by atoms with Crippen molar-refractivity contribution in [1.29, 1.82) is 0 Å². The van der Waals surface area contributed by atoms with Gasteiger partial charge < -0.3 is 35.5 Å². The summed E-state index contributed by atoms with van der Waals surface area (Å²) < 4.78 is 0.579. The summed E-state index contributed by atoms with van der Waals surface area (Å²) in [7, 11) is -0.774. The smallest absolute Gasteiger partial charge is 0.411 e. The zero-order chi connectivity index (χ0) is 20.4. The van der Waals surface area contributed by atoms with Gasteiger partial charge in [-0.15, -0.1) is 0 Å². The molecule has 0 spiro atoms. The third-order valence-electron chi connectivity index (χ3n) is 5.38. The van der Waals surface area contributed by atoms with Crippen molar-refractivity contribution in [2.75, 3.05) is 13.1 Å². The molecule has 1 fully saturated rings. The molecule has 1 aliphatic carbocycles. The van der Waals surface area contributed by atoms with Gasteiger partial charge in [0.05, 0.1) is 24.2 Å². The van der Waals surface area contributed by atoms with Gasteiger partial charge in [0, 0.05) is 19.1 Å². The van der Waals surface area contributed by atoms with Gasteiger partial charge in [0.1, 0.15) is 0 Å². The van der Waals surface area contributed by atoms with Crippen LogP contribution in [0.15, 0.2) is 60.7 Å². The Morgan fingerprint density at radius 3 is 1.76 bits per heavy atom. The zero-order valence-electron chi connectivity index (χ0n) is 17.3. The Balaban J connectivity index is 0.000000403. The second-order valence-electron chi connectivity index (χ2n) is 7.14. The molecule has 2 aromatic rings. The van der Waals surface area contributed by atoms with Crippen molar-refractivity contribution in [2.45, 2.75) is 51.2 Å². The SMILES string of the molecule is CCN(CC)C(=S)[S-].N[C@@H]1CCCC[C@H]1[PH+](c1ccccc1)c1ccccc1.[Au+]. The summed E-state index contributed by atoms with van der Waals surface area (Å²) in [5.41, 5.74) is 7.15. The molecule has 0 saturated heterocycles. The molecule has 3 rings (SSSR count). The van der Waals surface area contributed by atoms with Crippen molar-refractivity contribution in [1.82, 2.24) is 4.90 Å². The number of benzene rings is 2. The van der Waals surface area contributed by atoms with E-state index in [0.717, 1.165) is 13.1 Å². The van der Waals surface area contributed by atoms with Gasteiger partial charge in [0.15, 0.2) is 0 Å². The first-order chi connectivity index (χ1) is 13.6. The van der Waals surface area contributed by atoms with Gasteiger partial charge in [-0.2, -0.15) is 0 Å². The normalized spacial score (nSPS) is 18.2. The molecule has 162 valence electrons. The van der Waals surface area contributed by atoms with Crippen LogP contribution in [0, 0.1) is 0 Å². The average molecular weight is 630 g/mol. The zero-order valence-corrected chi connectivity index (χ0v) is 22.1. The Hall–Kier alpha value is -0.320. The Morgan fingerprint density at radius 2 is 1.41 bits per heavy atom. The molecule has 2 N–H and O–H groups in total. The summed E-state index contributed by atoms with van der Waals surface area (Å²) in [5.74, 6) is 0. The summed E-state index contributed by atoms with van der Waals surface area (Å²) in [6.07, 6.45) is 5.13. The minimum Gasteiger partial charge on any atom is -0.411 e. The maximum atomic E-state index is 6.48. The van der Waals surface area contributed by atoms with Gasteiger partial charge in [-0.25, -0.2) is 0 Å². The van der Waals surface area contributed by atoms with E-state index in [1.807, 2.05) is 18.7 Å². The third-order valence-corrected chi connectivity index (χ3v) is 9.27. The summed E-state index contributed by atoms with van der Waals surface area (Å²) in [6.45, 7) is 5.95. The molecule has 0 unspecified atom stereocenters. The molecule has 1 saturated carbocycles. The van der Waals surface area contributed by atoms with Gasteiger partial charge in [-0.3, -0.25) is 0 Å². The minimum atomic E-state index is -0.774. The quantitative estimate of drug-likeness (QED) is 0.232. The van der Waals surface area contributed by atoms with Crippen LogP contribution in [0.25, 0.3) is 0 Å².